The molecule has 0 atom stereocenters. The Hall–Kier alpha value is -1.34. The maximum Gasteiger partial charge on any atom is 0.191 e. The molecule has 0 amide bonds. The number of nitrogen functional groups attached to an aromatic ring is 2. The van der Waals surface area contributed by atoms with Crippen LogP contribution >= 0.6 is 23.1 Å². The molecule has 2 heterocycles. The fourth-order valence-corrected chi connectivity index (χ4v) is 2.86. The molecular formula is C10H13N5S2. The maximum absolute atomic E-state index is 5.60. The van der Waals surface area contributed by atoms with Crippen molar-refractivity contribution in [3.8, 4) is 0 Å². The van der Waals surface area contributed by atoms with Gasteiger partial charge in [-0.25, -0.2) is 15.0 Å². The second-order valence-corrected chi connectivity index (χ2v) is 5.26. The molecule has 0 aliphatic carbocycles. The van der Waals surface area contributed by atoms with Crippen molar-refractivity contribution >= 4 is 34.7 Å². The Labute approximate surface area is 108 Å². The van der Waals surface area contributed by atoms with Gasteiger partial charge in [-0.2, -0.15) is 0 Å². The van der Waals surface area contributed by atoms with Gasteiger partial charge in [-0.1, -0.05) is 18.7 Å². The van der Waals surface area contributed by atoms with Crippen molar-refractivity contribution in [1.29, 1.82) is 0 Å². The van der Waals surface area contributed by atoms with Gasteiger partial charge in [-0.15, -0.1) is 11.3 Å². The van der Waals surface area contributed by atoms with E-state index >= 15 is 0 Å². The fourth-order valence-electron chi connectivity index (χ4n) is 1.24. The zero-order valence-electron chi connectivity index (χ0n) is 9.38. The van der Waals surface area contributed by atoms with Crippen molar-refractivity contribution in [3.63, 3.8) is 0 Å². The highest BCUT2D eigenvalue weighted by molar-refractivity contribution is 7.98. The predicted molar refractivity (Wildman–Crippen MR) is 71.9 cm³/mol. The van der Waals surface area contributed by atoms with Gasteiger partial charge in [0.05, 0.1) is 10.7 Å². The van der Waals surface area contributed by atoms with E-state index in [0.29, 0.717) is 16.8 Å². The second kappa shape index (κ2) is 5.33. The summed E-state index contributed by atoms with van der Waals surface area (Å²) in [5, 5.41) is 3.80. The van der Waals surface area contributed by atoms with Crippen LogP contribution in [-0.4, -0.2) is 15.0 Å². The van der Waals surface area contributed by atoms with Crippen molar-refractivity contribution in [1.82, 2.24) is 15.0 Å². The van der Waals surface area contributed by atoms with E-state index in [1.165, 1.54) is 11.8 Å². The van der Waals surface area contributed by atoms with Crippen LogP contribution in [0.1, 0.15) is 17.6 Å². The normalized spacial score (nSPS) is 10.6. The molecule has 0 radical (unpaired) electrons. The van der Waals surface area contributed by atoms with Crippen LogP contribution in [0, 0.1) is 0 Å². The van der Waals surface area contributed by atoms with E-state index in [0.717, 1.165) is 22.9 Å². The zero-order chi connectivity index (χ0) is 12.3. The topological polar surface area (TPSA) is 90.7 Å². The first-order valence-electron chi connectivity index (χ1n) is 5.13. The Morgan fingerprint density at radius 1 is 1.24 bits per heavy atom. The maximum atomic E-state index is 5.60. The largest absolute Gasteiger partial charge is 0.383 e. The van der Waals surface area contributed by atoms with Crippen molar-refractivity contribution in [3.05, 3.63) is 22.1 Å². The van der Waals surface area contributed by atoms with Crippen molar-refractivity contribution in [2.75, 3.05) is 11.5 Å². The summed E-state index contributed by atoms with van der Waals surface area (Å²) < 4.78 is 0. The quantitative estimate of drug-likeness (QED) is 0.650. The van der Waals surface area contributed by atoms with Crippen LogP contribution in [-0.2, 0) is 12.2 Å². The number of rotatable bonds is 4. The van der Waals surface area contributed by atoms with E-state index in [4.69, 9.17) is 11.5 Å². The smallest absolute Gasteiger partial charge is 0.191 e. The lowest BCUT2D eigenvalue weighted by Gasteiger charge is -2.00. The monoisotopic (exact) mass is 267 g/mol. The van der Waals surface area contributed by atoms with E-state index in [9.17, 15) is 0 Å². The first-order chi connectivity index (χ1) is 8.17. The molecule has 0 saturated carbocycles. The molecule has 17 heavy (non-hydrogen) atoms. The van der Waals surface area contributed by atoms with Crippen LogP contribution < -0.4 is 11.5 Å². The van der Waals surface area contributed by atoms with Crippen molar-refractivity contribution in [2.45, 2.75) is 24.3 Å². The van der Waals surface area contributed by atoms with Gasteiger partial charge in [-0.3, -0.25) is 0 Å². The summed E-state index contributed by atoms with van der Waals surface area (Å²) in [5.41, 5.74) is 12.2. The lowest BCUT2D eigenvalue weighted by atomic mass is 10.5. The molecule has 0 aromatic carbocycles. The van der Waals surface area contributed by atoms with E-state index < -0.39 is 0 Å². The Balaban J connectivity index is 2.01. The standard InChI is InChI=1S/C10H13N5S2/c1-2-9-13-6(4-16-9)5-17-10-14-7(11)3-8(12)15-10/h3-4H,2,5H2,1H3,(H4,11,12,14,15). The van der Waals surface area contributed by atoms with Crippen LogP contribution in [0.2, 0.25) is 0 Å². The van der Waals surface area contributed by atoms with Crippen molar-refractivity contribution < 1.29 is 0 Å². The summed E-state index contributed by atoms with van der Waals surface area (Å²) in [6, 6.07) is 1.54. The minimum absolute atomic E-state index is 0.396. The summed E-state index contributed by atoms with van der Waals surface area (Å²) in [4.78, 5) is 12.7. The molecule has 0 aliphatic rings. The second-order valence-electron chi connectivity index (χ2n) is 3.38. The predicted octanol–water partition coefficient (Wildman–Crippen LogP) is 1.95. The van der Waals surface area contributed by atoms with E-state index in [-0.39, 0.29) is 0 Å². The van der Waals surface area contributed by atoms with Crippen LogP contribution in [0.3, 0.4) is 0 Å². The van der Waals surface area contributed by atoms with Gasteiger partial charge in [0, 0.05) is 17.2 Å². The average Bonchev–Trinajstić information content (AvgIpc) is 2.73. The number of thioether (sulfide) groups is 1. The molecular weight excluding hydrogens is 254 g/mol. The number of nitrogens with zero attached hydrogens (tertiary/aromatic N) is 3. The van der Waals surface area contributed by atoms with Gasteiger partial charge in [0.15, 0.2) is 5.16 Å². The van der Waals surface area contributed by atoms with Crippen molar-refractivity contribution in [2.24, 2.45) is 0 Å². The van der Waals surface area contributed by atoms with Crippen LogP contribution in [0.4, 0.5) is 11.6 Å². The number of aryl methyl sites for hydroxylation is 1. The minimum Gasteiger partial charge on any atom is -0.383 e. The summed E-state index contributed by atoms with van der Waals surface area (Å²) in [6.45, 7) is 2.09. The van der Waals surface area contributed by atoms with Crippen LogP contribution in [0.15, 0.2) is 16.6 Å². The lowest BCUT2D eigenvalue weighted by molar-refractivity contribution is 0.981. The lowest BCUT2D eigenvalue weighted by Crippen LogP contribution is -1.99. The number of anilines is 2. The van der Waals surface area contributed by atoms with Gasteiger partial charge in [-0.05, 0) is 6.42 Å². The number of hydrogen-bond donors (Lipinski definition) is 2. The van der Waals surface area contributed by atoms with Gasteiger partial charge in [0.1, 0.15) is 11.6 Å². The third-order valence-electron chi connectivity index (χ3n) is 2.00. The molecule has 0 saturated heterocycles. The highest BCUT2D eigenvalue weighted by Gasteiger charge is 2.05. The van der Waals surface area contributed by atoms with Gasteiger partial charge < -0.3 is 11.5 Å². The van der Waals surface area contributed by atoms with Gasteiger partial charge in [0.25, 0.3) is 0 Å². The Morgan fingerprint density at radius 3 is 2.53 bits per heavy atom. The molecule has 5 nitrogen and oxygen atoms in total. The van der Waals surface area contributed by atoms with Gasteiger partial charge >= 0.3 is 0 Å². The summed E-state index contributed by atoms with van der Waals surface area (Å²) in [6.07, 6.45) is 0.969. The Morgan fingerprint density at radius 2 is 1.94 bits per heavy atom. The fraction of sp³-hybridized carbons (Fsp3) is 0.300. The summed E-state index contributed by atoms with van der Waals surface area (Å²) in [5.74, 6) is 1.53. The highest BCUT2D eigenvalue weighted by Crippen LogP contribution is 2.22. The first-order valence-corrected chi connectivity index (χ1v) is 7.00. The number of aromatic nitrogens is 3. The molecule has 2 aromatic rings. The SMILES string of the molecule is CCc1nc(CSc2nc(N)cc(N)n2)cs1. The number of nitrogens with two attached hydrogens (primary N) is 2. The summed E-state index contributed by atoms with van der Waals surface area (Å²) in [7, 11) is 0. The van der Waals surface area contributed by atoms with E-state index in [1.807, 2.05) is 0 Å². The zero-order valence-corrected chi connectivity index (χ0v) is 11.0. The molecule has 0 unspecified atom stereocenters. The highest BCUT2D eigenvalue weighted by atomic mass is 32.2. The van der Waals surface area contributed by atoms with Crippen LogP contribution in [0.5, 0.6) is 0 Å². The molecule has 7 heteroatoms. The molecule has 4 N–H and O–H groups in total. The Kier molecular flexibility index (Phi) is 3.80. The molecule has 2 aromatic heterocycles. The molecule has 2 rings (SSSR count). The molecule has 0 bridgehead atoms. The van der Waals surface area contributed by atoms with E-state index in [1.54, 1.807) is 17.4 Å². The first kappa shape index (κ1) is 12.1. The molecule has 0 fully saturated rings. The average molecular weight is 267 g/mol. The Bertz CT molecular complexity index is 491. The summed E-state index contributed by atoms with van der Waals surface area (Å²) >= 11 is 3.16. The number of thiazole rings is 1. The van der Waals surface area contributed by atoms with Gasteiger partial charge in [0.2, 0.25) is 0 Å². The van der Waals surface area contributed by atoms with E-state index in [2.05, 4.69) is 27.3 Å². The third-order valence-corrected chi connectivity index (χ3v) is 3.92. The van der Waals surface area contributed by atoms with Crippen LogP contribution in [0.25, 0.3) is 0 Å². The molecule has 0 aliphatic heterocycles. The molecule has 0 spiro atoms. The minimum atomic E-state index is 0.396. The third kappa shape index (κ3) is 3.31. The molecule has 90 valence electrons. The number of hydrogen-bond acceptors (Lipinski definition) is 7.